The normalized spacial score (nSPS) is 12.6. The Morgan fingerprint density at radius 2 is 2.44 bits per heavy atom. The molecule has 16 heavy (non-hydrogen) atoms. The first kappa shape index (κ1) is 10.5. The fraction of sp³-hybridized carbons (Fsp3) is 0.273. The van der Waals surface area contributed by atoms with Crippen LogP contribution in [0.1, 0.15) is 12.5 Å². The van der Waals surface area contributed by atoms with E-state index in [1.165, 1.54) is 0 Å². The van der Waals surface area contributed by atoms with Crippen LogP contribution in [0.5, 0.6) is 0 Å². The third-order valence-electron chi connectivity index (χ3n) is 2.47. The Kier molecular flexibility index (Phi) is 2.76. The molecule has 1 aromatic heterocycles. The number of nitrogens with one attached hydrogen (secondary N) is 2. The minimum Gasteiger partial charge on any atom is -0.465 e. The quantitative estimate of drug-likeness (QED) is 0.736. The fourth-order valence-electron chi connectivity index (χ4n) is 1.80. The minimum absolute atomic E-state index is 0.113. The lowest BCUT2D eigenvalue weighted by atomic mass is 10.0. The van der Waals surface area contributed by atoms with Crippen LogP contribution < -0.4 is 5.32 Å². The van der Waals surface area contributed by atoms with Gasteiger partial charge in [0.15, 0.2) is 0 Å². The van der Waals surface area contributed by atoms with E-state index in [-0.39, 0.29) is 6.04 Å². The molecule has 0 radical (unpaired) electrons. The van der Waals surface area contributed by atoms with Crippen molar-refractivity contribution in [2.45, 2.75) is 19.4 Å². The van der Waals surface area contributed by atoms with Crippen LogP contribution in [-0.2, 0) is 6.42 Å². The van der Waals surface area contributed by atoms with Gasteiger partial charge in [-0.15, -0.1) is 0 Å². The van der Waals surface area contributed by atoms with Gasteiger partial charge in [0.25, 0.3) is 0 Å². The van der Waals surface area contributed by atoms with Crippen molar-refractivity contribution in [1.82, 2.24) is 15.5 Å². The molecule has 0 bridgehead atoms. The standard InChI is InChI=1S/C11H13N3O2/c1-7(13-11(15)16)5-8-3-2-4-10-9(8)6-12-14-10/h2-4,6-7,13H,5H2,1H3,(H,12,14)(H,15,16). The summed E-state index contributed by atoms with van der Waals surface area (Å²) in [7, 11) is 0. The second-order valence-corrected chi connectivity index (χ2v) is 3.80. The molecular weight excluding hydrogens is 206 g/mol. The molecule has 0 aliphatic heterocycles. The largest absolute Gasteiger partial charge is 0.465 e. The van der Waals surface area contributed by atoms with E-state index in [0.29, 0.717) is 6.42 Å². The Labute approximate surface area is 92.5 Å². The van der Waals surface area contributed by atoms with E-state index in [4.69, 9.17) is 5.11 Å². The minimum atomic E-state index is -0.994. The topological polar surface area (TPSA) is 78.0 Å². The zero-order chi connectivity index (χ0) is 11.5. The van der Waals surface area contributed by atoms with Crippen molar-refractivity contribution < 1.29 is 9.90 Å². The molecule has 5 nitrogen and oxygen atoms in total. The van der Waals surface area contributed by atoms with Crippen molar-refractivity contribution in [1.29, 1.82) is 0 Å². The maximum Gasteiger partial charge on any atom is 0.404 e. The molecule has 0 aliphatic rings. The smallest absolute Gasteiger partial charge is 0.404 e. The SMILES string of the molecule is CC(Cc1cccc2[nH]ncc12)NC(=O)O. The number of hydrogen-bond donors (Lipinski definition) is 3. The molecule has 1 unspecified atom stereocenters. The van der Waals surface area contributed by atoms with Crippen molar-refractivity contribution in [2.75, 3.05) is 0 Å². The summed E-state index contributed by atoms with van der Waals surface area (Å²) in [6, 6.07) is 5.75. The van der Waals surface area contributed by atoms with Crippen LogP contribution in [0.2, 0.25) is 0 Å². The zero-order valence-electron chi connectivity index (χ0n) is 8.90. The summed E-state index contributed by atoms with van der Waals surface area (Å²) in [5, 5.41) is 18.9. The lowest BCUT2D eigenvalue weighted by Crippen LogP contribution is -2.32. The van der Waals surface area contributed by atoms with E-state index in [1.54, 1.807) is 6.20 Å². The van der Waals surface area contributed by atoms with Crippen LogP contribution in [0.3, 0.4) is 0 Å². The summed E-state index contributed by atoms with van der Waals surface area (Å²) in [6.45, 7) is 1.84. The van der Waals surface area contributed by atoms with Gasteiger partial charge in [0.1, 0.15) is 0 Å². The number of benzene rings is 1. The molecule has 0 saturated heterocycles. The molecule has 0 saturated carbocycles. The molecular formula is C11H13N3O2. The molecule has 2 aromatic rings. The number of carboxylic acid groups (broad SMARTS) is 1. The van der Waals surface area contributed by atoms with Crippen LogP contribution in [0, 0.1) is 0 Å². The van der Waals surface area contributed by atoms with E-state index in [9.17, 15) is 4.79 Å². The Bertz CT molecular complexity index is 507. The van der Waals surface area contributed by atoms with Gasteiger partial charge in [-0.1, -0.05) is 12.1 Å². The van der Waals surface area contributed by atoms with Crippen LogP contribution in [0.25, 0.3) is 10.9 Å². The summed E-state index contributed by atoms with van der Waals surface area (Å²) >= 11 is 0. The van der Waals surface area contributed by atoms with Crippen LogP contribution in [-0.4, -0.2) is 27.4 Å². The molecule has 0 aliphatic carbocycles. The first-order valence-electron chi connectivity index (χ1n) is 5.07. The third kappa shape index (κ3) is 2.13. The number of amides is 1. The second kappa shape index (κ2) is 4.22. The number of aromatic amines is 1. The van der Waals surface area contributed by atoms with Gasteiger partial charge in [-0.2, -0.15) is 5.10 Å². The number of carbonyl (C=O) groups is 1. The van der Waals surface area contributed by atoms with Crippen molar-refractivity contribution in [3.63, 3.8) is 0 Å². The summed E-state index contributed by atoms with van der Waals surface area (Å²) in [5.41, 5.74) is 2.06. The Morgan fingerprint density at radius 1 is 1.62 bits per heavy atom. The zero-order valence-corrected chi connectivity index (χ0v) is 8.90. The number of nitrogens with zero attached hydrogens (tertiary/aromatic N) is 1. The molecule has 0 spiro atoms. The lowest BCUT2D eigenvalue weighted by molar-refractivity contribution is 0.190. The fourth-order valence-corrected chi connectivity index (χ4v) is 1.80. The first-order valence-corrected chi connectivity index (χ1v) is 5.07. The second-order valence-electron chi connectivity index (χ2n) is 3.80. The molecule has 1 amide bonds. The molecule has 3 N–H and O–H groups in total. The van der Waals surface area contributed by atoms with Crippen molar-refractivity contribution in [3.05, 3.63) is 30.0 Å². The number of aromatic nitrogens is 2. The van der Waals surface area contributed by atoms with E-state index >= 15 is 0 Å². The summed E-state index contributed by atoms with van der Waals surface area (Å²) in [6.07, 6.45) is 1.42. The van der Waals surface area contributed by atoms with Gasteiger partial charge in [-0.25, -0.2) is 4.79 Å². The molecule has 5 heteroatoms. The Morgan fingerprint density at radius 3 is 3.19 bits per heavy atom. The lowest BCUT2D eigenvalue weighted by Gasteiger charge is -2.11. The average Bonchev–Trinajstić information content (AvgIpc) is 2.65. The number of fused-ring (bicyclic) bond motifs is 1. The summed E-state index contributed by atoms with van der Waals surface area (Å²) in [5.74, 6) is 0. The number of rotatable bonds is 3. The van der Waals surface area contributed by atoms with Crippen molar-refractivity contribution >= 4 is 17.0 Å². The summed E-state index contributed by atoms with van der Waals surface area (Å²) < 4.78 is 0. The molecule has 1 aromatic carbocycles. The van der Waals surface area contributed by atoms with E-state index in [1.807, 2.05) is 25.1 Å². The van der Waals surface area contributed by atoms with E-state index in [0.717, 1.165) is 16.5 Å². The predicted molar refractivity (Wildman–Crippen MR) is 60.4 cm³/mol. The number of hydrogen-bond acceptors (Lipinski definition) is 2. The van der Waals surface area contributed by atoms with Gasteiger partial charge < -0.3 is 10.4 Å². The van der Waals surface area contributed by atoms with Gasteiger partial charge in [-0.3, -0.25) is 5.10 Å². The maximum absolute atomic E-state index is 10.5. The third-order valence-corrected chi connectivity index (χ3v) is 2.47. The maximum atomic E-state index is 10.5. The van der Waals surface area contributed by atoms with Gasteiger partial charge in [0, 0.05) is 11.4 Å². The van der Waals surface area contributed by atoms with Crippen molar-refractivity contribution in [3.8, 4) is 0 Å². The molecule has 2 rings (SSSR count). The molecule has 0 fully saturated rings. The van der Waals surface area contributed by atoms with Gasteiger partial charge >= 0.3 is 6.09 Å². The van der Waals surface area contributed by atoms with Crippen LogP contribution in [0.4, 0.5) is 4.79 Å². The van der Waals surface area contributed by atoms with E-state index < -0.39 is 6.09 Å². The summed E-state index contributed by atoms with van der Waals surface area (Å²) in [4.78, 5) is 10.5. The number of H-pyrrole nitrogens is 1. The Balaban J connectivity index is 2.20. The van der Waals surface area contributed by atoms with Gasteiger partial charge in [0.05, 0.1) is 11.7 Å². The molecule has 1 atom stereocenters. The van der Waals surface area contributed by atoms with Gasteiger partial charge in [0.2, 0.25) is 0 Å². The monoisotopic (exact) mass is 219 g/mol. The van der Waals surface area contributed by atoms with Gasteiger partial charge in [-0.05, 0) is 25.0 Å². The van der Waals surface area contributed by atoms with E-state index in [2.05, 4.69) is 15.5 Å². The molecule has 1 heterocycles. The highest BCUT2D eigenvalue weighted by Crippen LogP contribution is 2.17. The highest BCUT2D eigenvalue weighted by molar-refractivity contribution is 5.81. The van der Waals surface area contributed by atoms with Crippen LogP contribution >= 0.6 is 0 Å². The highest BCUT2D eigenvalue weighted by Gasteiger charge is 2.09. The van der Waals surface area contributed by atoms with Crippen LogP contribution in [0.15, 0.2) is 24.4 Å². The highest BCUT2D eigenvalue weighted by atomic mass is 16.4. The average molecular weight is 219 g/mol. The predicted octanol–water partition coefficient (Wildman–Crippen LogP) is 1.76. The Hall–Kier alpha value is -2.04. The van der Waals surface area contributed by atoms with Crippen molar-refractivity contribution in [2.24, 2.45) is 0 Å². The first-order chi connectivity index (χ1) is 7.66. The molecule has 84 valence electrons.